The van der Waals surface area contributed by atoms with Gasteiger partial charge in [0.15, 0.2) is 0 Å². The fourth-order valence-corrected chi connectivity index (χ4v) is 4.70. The summed E-state index contributed by atoms with van der Waals surface area (Å²) in [5.41, 5.74) is 1.53. The van der Waals surface area contributed by atoms with Crippen LogP contribution in [0.25, 0.3) is 0 Å². The van der Waals surface area contributed by atoms with E-state index >= 15 is 0 Å². The number of carbonyl (C=O) groups is 1. The maximum atomic E-state index is 13.2. The van der Waals surface area contributed by atoms with Gasteiger partial charge in [-0.2, -0.15) is 0 Å². The number of rotatable bonds is 8. The summed E-state index contributed by atoms with van der Waals surface area (Å²) in [7, 11) is -3.90. The van der Waals surface area contributed by atoms with E-state index in [4.69, 9.17) is 0 Å². The zero-order valence-electron chi connectivity index (χ0n) is 16.5. The molecule has 0 saturated carbocycles. The molecule has 1 N–H and O–H groups in total. The van der Waals surface area contributed by atoms with Gasteiger partial charge in [-0.3, -0.25) is 9.10 Å². The highest BCUT2D eigenvalue weighted by Gasteiger charge is 2.27. The van der Waals surface area contributed by atoms with Crippen LogP contribution in [0, 0.1) is 0 Å². The highest BCUT2D eigenvalue weighted by molar-refractivity contribution is 9.10. The molecule has 0 saturated heterocycles. The van der Waals surface area contributed by atoms with Crippen LogP contribution in [-0.4, -0.2) is 27.4 Å². The molecule has 1 atom stereocenters. The normalized spacial score (nSPS) is 12.2. The van der Waals surface area contributed by atoms with Crippen molar-refractivity contribution in [3.05, 3.63) is 95.0 Å². The van der Waals surface area contributed by atoms with Gasteiger partial charge in [-0.15, -0.1) is 0 Å². The molecule has 0 heterocycles. The first-order chi connectivity index (χ1) is 14.4. The highest BCUT2D eigenvalue weighted by Crippen LogP contribution is 2.25. The smallest absolute Gasteiger partial charge is 0.264 e. The van der Waals surface area contributed by atoms with E-state index in [-0.39, 0.29) is 23.3 Å². The number of anilines is 1. The lowest BCUT2D eigenvalue weighted by atomic mass is 10.0. The highest BCUT2D eigenvalue weighted by atomic mass is 79.9. The average Bonchev–Trinajstić information content (AvgIpc) is 2.77. The molecule has 0 unspecified atom stereocenters. The lowest BCUT2D eigenvalue weighted by Crippen LogP contribution is -2.41. The summed E-state index contributed by atoms with van der Waals surface area (Å²) in [5.74, 6) is -0.248. The molecule has 1 amide bonds. The van der Waals surface area contributed by atoms with Crippen molar-refractivity contribution >= 4 is 37.5 Å². The van der Waals surface area contributed by atoms with E-state index in [1.807, 2.05) is 37.3 Å². The molecule has 3 rings (SSSR count). The number of halogens is 1. The summed E-state index contributed by atoms with van der Waals surface area (Å²) in [6.07, 6.45) is 0. The number of amides is 1. The minimum Gasteiger partial charge on any atom is -0.354 e. The van der Waals surface area contributed by atoms with Gasteiger partial charge in [0.2, 0.25) is 5.91 Å². The van der Waals surface area contributed by atoms with Crippen LogP contribution in [0.1, 0.15) is 18.4 Å². The average molecular weight is 487 g/mol. The van der Waals surface area contributed by atoms with Crippen LogP contribution in [0.4, 0.5) is 5.69 Å². The van der Waals surface area contributed by atoms with Gasteiger partial charge in [-0.05, 0) is 47.9 Å². The van der Waals surface area contributed by atoms with Gasteiger partial charge in [-0.1, -0.05) is 71.4 Å². The van der Waals surface area contributed by atoms with Crippen LogP contribution in [-0.2, 0) is 14.8 Å². The molecular formula is C23H23BrN2O3S. The number of nitrogens with zero attached hydrogens (tertiary/aromatic N) is 1. The van der Waals surface area contributed by atoms with E-state index in [0.29, 0.717) is 12.2 Å². The second kappa shape index (κ2) is 9.91. The van der Waals surface area contributed by atoms with Crippen LogP contribution >= 0.6 is 15.9 Å². The molecule has 5 nitrogen and oxygen atoms in total. The number of hydrogen-bond donors (Lipinski definition) is 1. The Morgan fingerprint density at radius 2 is 1.50 bits per heavy atom. The first-order valence-electron chi connectivity index (χ1n) is 9.53. The zero-order valence-corrected chi connectivity index (χ0v) is 18.9. The minimum absolute atomic E-state index is 0.113. The van der Waals surface area contributed by atoms with Crippen molar-refractivity contribution in [2.24, 2.45) is 0 Å². The van der Waals surface area contributed by atoms with Crippen molar-refractivity contribution in [2.75, 3.05) is 17.4 Å². The standard InChI is InChI=1S/C23H23BrN2O3S/c1-18(19-8-4-2-5-9-19)16-25-23(27)17-26(21-14-12-20(24)13-15-21)30(28,29)22-10-6-3-7-11-22/h2-15,18H,16-17H2,1H3,(H,25,27)/t18-/m1/s1. The molecule has 0 spiro atoms. The summed E-state index contributed by atoms with van der Waals surface area (Å²) in [4.78, 5) is 12.8. The van der Waals surface area contributed by atoms with E-state index in [2.05, 4.69) is 21.2 Å². The Balaban J connectivity index is 1.79. The topological polar surface area (TPSA) is 66.5 Å². The van der Waals surface area contributed by atoms with Gasteiger partial charge < -0.3 is 5.32 Å². The van der Waals surface area contributed by atoms with Gasteiger partial charge in [0, 0.05) is 11.0 Å². The van der Waals surface area contributed by atoms with Crippen LogP contribution in [0.15, 0.2) is 94.3 Å². The Morgan fingerprint density at radius 3 is 2.10 bits per heavy atom. The summed E-state index contributed by atoms with van der Waals surface area (Å²) in [6, 6.07) is 24.8. The number of nitrogens with one attached hydrogen (secondary N) is 1. The number of benzene rings is 3. The predicted octanol–water partition coefficient (Wildman–Crippen LogP) is 4.56. The SMILES string of the molecule is C[C@H](CNC(=O)CN(c1ccc(Br)cc1)S(=O)(=O)c1ccccc1)c1ccccc1. The third-order valence-corrected chi connectivity index (χ3v) is 7.02. The summed E-state index contributed by atoms with van der Waals surface area (Å²) < 4.78 is 28.5. The number of hydrogen-bond acceptors (Lipinski definition) is 3. The van der Waals surface area contributed by atoms with Crippen molar-refractivity contribution in [3.8, 4) is 0 Å². The summed E-state index contributed by atoms with van der Waals surface area (Å²) >= 11 is 3.36. The lowest BCUT2D eigenvalue weighted by molar-refractivity contribution is -0.119. The van der Waals surface area contributed by atoms with Crippen molar-refractivity contribution in [1.82, 2.24) is 5.32 Å². The second-order valence-corrected chi connectivity index (χ2v) is 9.69. The first-order valence-corrected chi connectivity index (χ1v) is 11.8. The molecule has 30 heavy (non-hydrogen) atoms. The molecule has 3 aromatic rings. The van der Waals surface area contributed by atoms with Crippen molar-refractivity contribution in [1.29, 1.82) is 0 Å². The molecule has 0 aliphatic carbocycles. The first kappa shape index (κ1) is 22.1. The number of carbonyl (C=O) groups excluding carboxylic acids is 1. The molecule has 7 heteroatoms. The maximum Gasteiger partial charge on any atom is 0.264 e. The monoisotopic (exact) mass is 486 g/mol. The van der Waals surface area contributed by atoms with Crippen LogP contribution in [0.3, 0.4) is 0 Å². The molecule has 0 fully saturated rings. The zero-order chi connectivity index (χ0) is 21.6. The maximum absolute atomic E-state index is 13.2. The molecule has 0 radical (unpaired) electrons. The Hall–Kier alpha value is -2.64. The lowest BCUT2D eigenvalue weighted by Gasteiger charge is -2.24. The Bertz CT molecular complexity index is 1070. The van der Waals surface area contributed by atoms with Gasteiger partial charge >= 0.3 is 0 Å². The Labute approximate surface area is 185 Å². The van der Waals surface area contributed by atoms with Gasteiger partial charge in [-0.25, -0.2) is 8.42 Å². The van der Waals surface area contributed by atoms with E-state index in [9.17, 15) is 13.2 Å². The predicted molar refractivity (Wildman–Crippen MR) is 123 cm³/mol. The third-order valence-electron chi connectivity index (χ3n) is 4.71. The molecule has 0 aromatic heterocycles. The van der Waals surface area contributed by atoms with Crippen molar-refractivity contribution in [3.63, 3.8) is 0 Å². The van der Waals surface area contributed by atoms with E-state index in [1.54, 1.807) is 42.5 Å². The van der Waals surface area contributed by atoms with E-state index in [1.165, 1.54) is 12.1 Å². The van der Waals surface area contributed by atoms with E-state index < -0.39 is 10.0 Å². The molecular weight excluding hydrogens is 464 g/mol. The van der Waals surface area contributed by atoms with Crippen molar-refractivity contribution < 1.29 is 13.2 Å². The molecule has 0 aliphatic heterocycles. The Morgan fingerprint density at radius 1 is 0.933 bits per heavy atom. The molecule has 0 aliphatic rings. The minimum atomic E-state index is -3.90. The molecule has 3 aromatic carbocycles. The molecule has 156 valence electrons. The van der Waals surface area contributed by atoms with Crippen LogP contribution in [0.2, 0.25) is 0 Å². The Kier molecular flexibility index (Phi) is 7.29. The van der Waals surface area contributed by atoms with Gasteiger partial charge in [0.1, 0.15) is 6.54 Å². The van der Waals surface area contributed by atoms with E-state index in [0.717, 1.165) is 14.3 Å². The van der Waals surface area contributed by atoms with Gasteiger partial charge in [0.05, 0.1) is 10.6 Å². The van der Waals surface area contributed by atoms with Crippen LogP contribution in [0.5, 0.6) is 0 Å². The fraction of sp³-hybridized carbons (Fsp3) is 0.174. The molecule has 0 bridgehead atoms. The third kappa shape index (κ3) is 5.49. The summed E-state index contributed by atoms with van der Waals surface area (Å²) in [6.45, 7) is 2.13. The number of sulfonamides is 1. The summed E-state index contributed by atoms with van der Waals surface area (Å²) in [5, 5.41) is 2.86. The largest absolute Gasteiger partial charge is 0.354 e. The fourth-order valence-electron chi connectivity index (χ4n) is 2.99. The second-order valence-electron chi connectivity index (χ2n) is 6.92. The van der Waals surface area contributed by atoms with Gasteiger partial charge in [0.25, 0.3) is 10.0 Å². The van der Waals surface area contributed by atoms with Crippen molar-refractivity contribution in [2.45, 2.75) is 17.7 Å². The van der Waals surface area contributed by atoms with Crippen LogP contribution < -0.4 is 9.62 Å². The quantitative estimate of drug-likeness (QED) is 0.507.